The maximum absolute atomic E-state index is 3.58. The summed E-state index contributed by atoms with van der Waals surface area (Å²) in [5, 5.41) is 3.58. The lowest BCUT2D eigenvalue weighted by atomic mass is 10.2. The van der Waals surface area contributed by atoms with E-state index in [9.17, 15) is 0 Å². The van der Waals surface area contributed by atoms with E-state index >= 15 is 0 Å². The maximum atomic E-state index is 3.58. The van der Waals surface area contributed by atoms with Gasteiger partial charge in [-0.1, -0.05) is 6.92 Å². The van der Waals surface area contributed by atoms with Crippen molar-refractivity contribution in [3.63, 3.8) is 0 Å². The quantitative estimate of drug-likeness (QED) is 0.652. The minimum absolute atomic E-state index is 0.887. The molecule has 2 fully saturated rings. The highest BCUT2D eigenvalue weighted by Gasteiger charge is 2.23. The van der Waals surface area contributed by atoms with Gasteiger partial charge in [0.25, 0.3) is 0 Å². The van der Waals surface area contributed by atoms with Crippen LogP contribution >= 0.6 is 0 Å². The van der Waals surface area contributed by atoms with E-state index in [1.165, 1.54) is 58.3 Å². The van der Waals surface area contributed by atoms with Gasteiger partial charge in [0.2, 0.25) is 0 Å². The molecule has 2 heteroatoms. The Balaban J connectivity index is 1.54. The molecule has 0 aromatic carbocycles. The molecule has 2 aliphatic rings. The molecule has 2 nitrogen and oxygen atoms in total. The minimum atomic E-state index is 0.887. The highest BCUT2D eigenvalue weighted by atomic mass is 15.2. The second-order valence-corrected chi connectivity index (χ2v) is 4.89. The Morgan fingerprint density at radius 1 is 1.29 bits per heavy atom. The van der Waals surface area contributed by atoms with Crippen molar-refractivity contribution >= 4 is 0 Å². The molecule has 1 atom stereocenters. The fourth-order valence-corrected chi connectivity index (χ4v) is 2.50. The van der Waals surface area contributed by atoms with Crippen LogP contribution in [0.25, 0.3) is 0 Å². The predicted octanol–water partition coefficient (Wildman–Crippen LogP) is 1.86. The molecule has 82 valence electrons. The van der Waals surface area contributed by atoms with E-state index in [4.69, 9.17) is 0 Å². The van der Waals surface area contributed by atoms with Crippen molar-refractivity contribution in [2.45, 2.75) is 45.1 Å². The fraction of sp³-hybridized carbons (Fsp3) is 1.00. The molecule has 1 saturated heterocycles. The van der Waals surface area contributed by atoms with E-state index in [0.29, 0.717) is 0 Å². The van der Waals surface area contributed by atoms with Gasteiger partial charge in [-0.25, -0.2) is 0 Å². The molecular formula is C12H24N2. The molecule has 1 aliphatic carbocycles. The number of hydrogen-bond donors (Lipinski definition) is 1. The normalized spacial score (nSPS) is 28.5. The lowest BCUT2D eigenvalue weighted by Gasteiger charge is -2.23. The summed E-state index contributed by atoms with van der Waals surface area (Å²) in [5.74, 6) is 1.02. The lowest BCUT2D eigenvalue weighted by Crippen LogP contribution is -2.35. The van der Waals surface area contributed by atoms with Gasteiger partial charge in [0.1, 0.15) is 0 Å². The zero-order valence-corrected chi connectivity index (χ0v) is 9.47. The molecule has 1 N–H and O–H groups in total. The van der Waals surface area contributed by atoms with E-state index in [-0.39, 0.29) is 0 Å². The summed E-state index contributed by atoms with van der Waals surface area (Å²) in [6.07, 6.45) is 7.12. The van der Waals surface area contributed by atoms with Crippen molar-refractivity contribution in [1.29, 1.82) is 0 Å². The Morgan fingerprint density at radius 2 is 2.14 bits per heavy atom. The van der Waals surface area contributed by atoms with Gasteiger partial charge >= 0.3 is 0 Å². The predicted molar refractivity (Wildman–Crippen MR) is 60.5 cm³/mol. The largest absolute Gasteiger partial charge is 0.315 e. The smallest absolute Gasteiger partial charge is 0.0110 e. The summed E-state index contributed by atoms with van der Waals surface area (Å²) in [5.41, 5.74) is 0. The third-order valence-electron chi connectivity index (χ3n) is 3.68. The van der Waals surface area contributed by atoms with E-state index in [2.05, 4.69) is 17.1 Å². The van der Waals surface area contributed by atoms with Gasteiger partial charge in [-0.15, -0.1) is 0 Å². The van der Waals surface area contributed by atoms with Gasteiger partial charge in [0.15, 0.2) is 0 Å². The lowest BCUT2D eigenvalue weighted by molar-refractivity contribution is 0.248. The molecular weight excluding hydrogens is 172 g/mol. The number of hydrogen-bond acceptors (Lipinski definition) is 2. The zero-order chi connectivity index (χ0) is 9.80. The van der Waals surface area contributed by atoms with Gasteiger partial charge in [-0.05, 0) is 51.1 Å². The van der Waals surface area contributed by atoms with Crippen molar-refractivity contribution in [3.05, 3.63) is 0 Å². The van der Waals surface area contributed by atoms with Crippen LogP contribution in [0.2, 0.25) is 0 Å². The van der Waals surface area contributed by atoms with Crippen LogP contribution in [0.15, 0.2) is 0 Å². The van der Waals surface area contributed by atoms with E-state index in [1.54, 1.807) is 0 Å². The average Bonchev–Trinajstić information content (AvgIpc) is 2.91. The van der Waals surface area contributed by atoms with Crippen LogP contribution in [-0.4, -0.2) is 37.1 Å². The summed E-state index contributed by atoms with van der Waals surface area (Å²) in [4.78, 5) is 2.67. The SMILES string of the molecule is CCC1CCCN1CCNCC1CC1. The van der Waals surface area contributed by atoms with Crippen LogP contribution in [0.3, 0.4) is 0 Å². The van der Waals surface area contributed by atoms with Crippen LogP contribution in [0.1, 0.15) is 39.0 Å². The van der Waals surface area contributed by atoms with Crippen molar-refractivity contribution in [1.82, 2.24) is 10.2 Å². The summed E-state index contributed by atoms with van der Waals surface area (Å²) >= 11 is 0. The number of nitrogens with zero attached hydrogens (tertiary/aromatic N) is 1. The Labute approximate surface area is 88.1 Å². The Morgan fingerprint density at radius 3 is 2.86 bits per heavy atom. The minimum Gasteiger partial charge on any atom is -0.315 e. The van der Waals surface area contributed by atoms with Crippen molar-refractivity contribution in [3.8, 4) is 0 Å². The topological polar surface area (TPSA) is 15.3 Å². The molecule has 1 saturated carbocycles. The standard InChI is InChI=1S/C12H24N2/c1-2-12-4-3-8-14(12)9-7-13-10-11-5-6-11/h11-13H,2-10H2,1H3. The zero-order valence-electron chi connectivity index (χ0n) is 9.47. The van der Waals surface area contributed by atoms with Gasteiger partial charge in [0, 0.05) is 19.1 Å². The maximum Gasteiger partial charge on any atom is 0.0110 e. The summed E-state index contributed by atoms with van der Waals surface area (Å²) in [6.45, 7) is 7.40. The monoisotopic (exact) mass is 196 g/mol. The molecule has 1 aliphatic heterocycles. The van der Waals surface area contributed by atoms with Gasteiger partial charge in [-0.2, -0.15) is 0 Å². The highest BCUT2D eigenvalue weighted by molar-refractivity contribution is 4.79. The van der Waals surface area contributed by atoms with Crippen molar-refractivity contribution in [2.24, 2.45) is 5.92 Å². The Hall–Kier alpha value is -0.0800. The van der Waals surface area contributed by atoms with E-state index < -0.39 is 0 Å². The fourth-order valence-electron chi connectivity index (χ4n) is 2.50. The molecule has 0 radical (unpaired) electrons. The van der Waals surface area contributed by atoms with Crippen molar-refractivity contribution in [2.75, 3.05) is 26.2 Å². The Kier molecular flexibility index (Phi) is 3.82. The summed E-state index contributed by atoms with van der Waals surface area (Å²) < 4.78 is 0. The molecule has 1 heterocycles. The average molecular weight is 196 g/mol. The molecule has 0 aromatic rings. The Bertz CT molecular complexity index is 166. The molecule has 2 rings (SSSR count). The molecule has 0 aromatic heterocycles. The first-order valence-electron chi connectivity index (χ1n) is 6.35. The third-order valence-corrected chi connectivity index (χ3v) is 3.68. The van der Waals surface area contributed by atoms with Crippen LogP contribution < -0.4 is 5.32 Å². The third kappa shape index (κ3) is 2.96. The first-order valence-corrected chi connectivity index (χ1v) is 6.35. The van der Waals surface area contributed by atoms with Gasteiger partial charge in [-0.3, -0.25) is 4.90 Å². The van der Waals surface area contributed by atoms with Gasteiger partial charge < -0.3 is 5.32 Å². The first-order chi connectivity index (χ1) is 6.90. The number of likely N-dealkylation sites (tertiary alicyclic amines) is 1. The second kappa shape index (κ2) is 5.13. The summed E-state index contributed by atoms with van der Waals surface area (Å²) in [7, 11) is 0. The molecule has 0 bridgehead atoms. The van der Waals surface area contributed by atoms with Crippen LogP contribution in [0.5, 0.6) is 0 Å². The molecule has 1 unspecified atom stereocenters. The van der Waals surface area contributed by atoms with Crippen molar-refractivity contribution < 1.29 is 0 Å². The van der Waals surface area contributed by atoms with E-state index in [1.807, 2.05) is 0 Å². The van der Waals surface area contributed by atoms with Gasteiger partial charge in [0.05, 0.1) is 0 Å². The van der Waals surface area contributed by atoms with Crippen LogP contribution in [0, 0.1) is 5.92 Å². The highest BCUT2D eigenvalue weighted by Crippen LogP contribution is 2.27. The second-order valence-electron chi connectivity index (χ2n) is 4.89. The number of nitrogens with one attached hydrogen (secondary N) is 1. The molecule has 0 amide bonds. The molecule has 14 heavy (non-hydrogen) atoms. The first kappa shape index (κ1) is 10.4. The summed E-state index contributed by atoms with van der Waals surface area (Å²) in [6, 6.07) is 0.887. The van der Waals surface area contributed by atoms with E-state index in [0.717, 1.165) is 12.0 Å². The van der Waals surface area contributed by atoms with Crippen LogP contribution in [0.4, 0.5) is 0 Å². The molecule has 0 spiro atoms. The van der Waals surface area contributed by atoms with Crippen LogP contribution in [-0.2, 0) is 0 Å². The number of rotatable bonds is 6.